The zero-order chi connectivity index (χ0) is 10.3. The Hall–Kier alpha value is -1.35. The number of fused-ring (bicyclic) bond motifs is 1. The lowest BCUT2D eigenvalue weighted by atomic mass is 10.0. The Morgan fingerprint density at radius 1 is 1.29 bits per heavy atom. The lowest BCUT2D eigenvalue weighted by Gasteiger charge is -2.04. The lowest BCUT2D eigenvalue weighted by molar-refractivity contribution is 0.278. The first-order valence-corrected chi connectivity index (χ1v) is 4.69. The van der Waals surface area contributed by atoms with E-state index in [4.69, 9.17) is 5.11 Å². The normalized spacial score (nSPS) is 11.1. The van der Waals surface area contributed by atoms with Gasteiger partial charge in [0.1, 0.15) is 0 Å². The predicted octanol–water partition coefficient (Wildman–Crippen LogP) is 1.98. The van der Waals surface area contributed by atoms with E-state index in [0.717, 1.165) is 22.2 Å². The first kappa shape index (κ1) is 9.21. The fourth-order valence-corrected chi connectivity index (χ4v) is 1.88. The molecule has 74 valence electrons. The quantitative estimate of drug-likeness (QED) is 0.722. The van der Waals surface area contributed by atoms with Crippen molar-refractivity contribution in [1.29, 1.82) is 0 Å². The van der Waals surface area contributed by atoms with E-state index >= 15 is 0 Å². The maximum Gasteiger partial charge on any atom is 0.0956 e. The largest absolute Gasteiger partial charge is 0.390 e. The highest BCUT2D eigenvalue weighted by Crippen LogP contribution is 2.26. The van der Waals surface area contributed by atoms with Crippen molar-refractivity contribution < 1.29 is 5.11 Å². The minimum atomic E-state index is 0.0141. The van der Waals surface area contributed by atoms with Gasteiger partial charge in [-0.2, -0.15) is 5.10 Å². The van der Waals surface area contributed by atoms with Crippen LogP contribution in [0, 0.1) is 20.8 Å². The number of hydrogen-bond acceptors (Lipinski definition) is 2. The molecule has 0 fully saturated rings. The van der Waals surface area contributed by atoms with Crippen LogP contribution in [0.15, 0.2) is 6.07 Å². The maximum absolute atomic E-state index is 9.16. The van der Waals surface area contributed by atoms with Gasteiger partial charge in [0, 0.05) is 5.39 Å². The molecule has 0 radical (unpaired) electrons. The van der Waals surface area contributed by atoms with Crippen LogP contribution in [0.1, 0.15) is 22.4 Å². The van der Waals surface area contributed by atoms with Crippen LogP contribution in [0.3, 0.4) is 0 Å². The number of aliphatic hydroxyl groups is 1. The standard InChI is InChI=1S/C11H14N2O/c1-6-4-7(2)11-10(8(6)3)9(5-14)12-13-11/h4,14H,5H2,1-3H3,(H,12,13). The zero-order valence-electron chi connectivity index (χ0n) is 8.68. The van der Waals surface area contributed by atoms with E-state index in [2.05, 4.69) is 30.1 Å². The van der Waals surface area contributed by atoms with Crippen molar-refractivity contribution in [1.82, 2.24) is 10.2 Å². The molecule has 2 rings (SSSR count). The minimum Gasteiger partial charge on any atom is -0.390 e. The van der Waals surface area contributed by atoms with Crippen molar-refractivity contribution >= 4 is 10.9 Å². The number of aromatic nitrogens is 2. The third-order valence-corrected chi connectivity index (χ3v) is 2.77. The molecule has 0 aliphatic heterocycles. The van der Waals surface area contributed by atoms with Gasteiger partial charge >= 0.3 is 0 Å². The molecule has 0 saturated heterocycles. The Morgan fingerprint density at radius 2 is 2.00 bits per heavy atom. The number of aryl methyl sites for hydroxylation is 3. The molecule has 0 spiro atoms. The van der Waals surface area contributed by atoms with Crippen LogP contribution < -0.4 is 0 Å². The van der Waals surface area contributed by atoms with Crippen molar-refractivity contribution in [3.8, 4) is 0 Å². The summed E-state index contributed by atoms with van der Waals surface area (Å²) in [5, 5.41) is 17.3. The smallest absolute Gasteiger partial charge is 0.0956 e. The molecule has 1 heterocycles. The third kappa shape index (κ3) is 1.13. The molecule has 3 heteroatoms. The SMILES string of the molecule is Cc1cc(C)c2n[nH]c(CO)c2c1C. The molecule has 0 bridgehead atoms. The number of rotatable bonds is 1. The lowest BCUT2D eigenvalue weighted by Crippen LogP contribution is -1.89. The summed E-state index contributed by atoms with van der Waals surface area (Å²) in [7, 11) is 0. The molecule has 0 saturated carbocycles. The zero-order valence-corrected chi connectivity index (χ0v) is 8.68. The van der Waals surface area contributed by atoms with Crippen LogP contribution >= 0.6 is 0 Å². The molecular weight excluding hydrogens is 176 g/mol. The van der Waals surface area contributed by atoms with E-state index in [1.165, 1.54) is 11.1 Å². The number of hydrogen-bond donors (Lipinski definition) is 2. The molecule has 3 nitrogen and oxygen atoms in total. The van der Waals surface area contributed by atoms with Gasteiger partial charge in [0.2, 0.25) is 0 Å². The average molecular weight is 190 g/mol. The van der Waals surface area contributed by atoms with Crippen LogP contribution in [0.25, 0.3) is 10.9 Å². The molecular formula is C11H14N2O. The monoisotopic (exact) mass is 190 g/mol. The summed E-state index contributed by atoms with van der Waals surface area (Å²) in [5.74, 6) is 0. The second-order valence-electron chi connectivity index (χ2n) is 3.72. The van der Waals surface area contributed by atoms with Gasteiger partial charge in [-0.25, -0.2) is 0 Å². The van der Waals surface area contributed by atoms with Gasteiger partial charge in [-0.05, 0) is 37.5 Å². The van der Waals surface area contributed by atoms with Gasteiger partial charge in [-0.15, -0.1) is 0 Å². The molecule has 0 aliphatic rings. The van der Waals surface area contributed by atoms with Crippen molar-refractivity contribution in [2.45, 2.75) is 27.4 Å². The Kier molecular flexibility index (Phi) is 2.04. The molecule has 1 aromatic carbocycles. The molecule has 2 N–H and O–H groups in total. The van der Waals surface area contributed by atoms with Crippen LogP contribution in [-0.2, 0) is 6.61 Å². The van der Waals surface area contributed by atoms with E-state index in [-0.39, 0.29) is 6.61 Å². The molecule has 0 amide bonds. The molecule has 0 unspecified atom stereocenters. The predicted molar refractivity (Wildman–Crippen MR) is 56.2 cm³/mol. The van der Waals surface area contributed by atoms with Gasteiger partial charge in [0.15, 0.2) is 0 Å². The second kappa shape index (κ2) is 3.10. The Labute approximate surface area is 82.8 Å². The molecule has 1 aromatic heterocycles. The van der Waals surface area contributed by atoms with Crippen LogP contribution in [0.5, 0.6) is 0 Å². The molecule has 14 heavy (non-hydrogen) atoms. The first-order valence-electron chi connectivity index (χ1n) is 4.69. The number of H-pyrrole nitrogens is 1. The Balaban J connectivity index is 2.92. The number of aliphatic hydroxyl groups excluding tert-OH is 1. The fraction of sp³-hybridized carbons (Fsp3) is 0.364. The summed E-state index contributed by atoms with van der Waals surface area (Å²) in [5.41, 5.74) is 5.37. The van der Waals surface area contributed by atoms with E-state index in [9.17, 15) is 0 Å². The minimum absolute atomic E-state index is 0.0141. The third-order valence-electron chi connectivity index (χ3n) is 2.77. The van der Waals surface area contributed by atoms with Gasteiger partial charge in [0.05, 0.1) is 17.8 Å². The van der Waals surface area contributed by atoms with Gasteiger partial charge in [0.25, 0.3) is 0 Å². The van der Waals surface area contributed by atoms with Crippen molar-refractivity contribution in [3.63, 3.8) is 0 Å². The highest BCUT2D eigenvalue weighted by atomic mass is 16.3. The topological polar surface area (TPSA) is 48.9 Å². The van der Waals surface area contributed by atoms with E-state index in [1.54, 1.807) is 0 Å². The van der Waals surface area contributed by atoms with Gasteiger partial charge in [-0.3, -0.25) is 5.10 Å². The summed E-state index contributed by atoms with van der Waals surface area (Å²) in [4.78, 5) is 0. The molecule has 0 aliphatic carbocycles. The van der Waals surface area contributed by atoms with Crippen LogP contribution in [0.2, 0.25) is 0 Å². The maximum atomic E-state index is 9.16. The average Bonchev–Trinajstić information content (AvgIpc) is 2.58. The van der Waals surface area contributed by atoms with Gasteiger partial charge in [-0.1, -0.05) is 6.07 Å². The number of benzene rings is 1. The summed E-state index contributed by atoms with van der Waals surface area (Å²) >= 11 is 0. The summed E-state index contributed by atoms with van der Waals surface area (Å²) in [6.07, 6.45) is 0. The summed E-state index contributed by atoms with van der Waals surface area (Å²) in [6.45, 7) is 6.19. The van der Waals surface area contributed by atoms with Crippen molar-refractivity contribution in [3.05, 3.63) is 28.5 Å². The van der Waals surface area contributed by atoms with Gasteiger partial charge < -0.3 is 5.11 Å². The molecule has 0 atom stereocenters. The fourth-order valence-electron chi connectivity index (χ4n) is 1.88. The highest BCUT2D eigenvalue weighted by Gasteiger charge is 2.10. The first-order chi connectivity index (χ1) is 6.65. The summed E-state index contributed by atoms with van der Waals surface area (Å²) < 4.78 is 0. The summed E-state index contributed by atoms with van der Waals surface area (Å²) in [6, 6.07) is 2.12. The van der Waals surface area contributed by atoms with Crippen LogP contribution in [-0.4, -0.2) is 15.3 Å². The van der Waals surface area contributed by atoms with Crippen molar-refractivity contribution in [2.75, 3.05) is 0 Å². The Bertz CT molecular complexity index is 485. The highest BCUT2D eigenvalue weighted by molar-refractivity contribution is 5.88. The van der Waals surface area contributed by atoms with Crippen LogP contribution in [0.4, 0.5) is 0 Å². The molecule has 2 aromatic rings. The van der Waals surface area contributed by atoms with E-state index in [1.807, 2.05) is 6.92 Å². The Morgan fingerprint density at radius 3 is 2.64 bits per heavy atom. The number of nitrogens with zero attached hydrogens (tertiary/aromatic N) is 1. The number of aromatic amines is 1. The second-order valence-corrected chi connectivity index (χ2v) is 3.72. The van der Waals surface area contributed by atoms with E-state index in [0.29, 0.717) is 0 Å². The van der Waals surface area contributed by atoms with E-state index < -0.39 is 0 Å². The number of nitrogens with one attached hydrogen (secondary N) is 1. The van der Waals surface area contributed by atoms with Crippen molar-refractivity contribution in [2.24, 2.45) is 0 Å².